The van der Waals surface area contributed by atoms with Crippen LogP contribution in [0.1, 0.15) is 22.3 Å². The topological polar surface area (TPSA) is 47.0 Å². The zero-order valence-electron chi connectivity index (χ0n) is 14.0. The first-order valence-electron chi connectivity index (χ1n) is 7.69. The molecule has 0 unspecified atom stereocenters. The molecule has 1 heterocycles. The van der Waals surface area contributed by atoms with Gasteiger partial charge in [0.1, 0.15) is 0 Å². The fraction of sp³-hybridized carbons (Fsp3) is 0.588. The summed E-state index contributed by atoms with van der Waals surface area (Å²) in [5, 5.41) is 10.5. The minimum absolute atomic E-state index is 0.00563. The summed E-state index contributed by atoms with van der Waals surface area (Å²) in [5.41, 5.74) is 1.09. The van der Waals surface area contributed by atoms with E-state index < -0.39 is 5.60 Å². The maximum Gasteiger partial charge on any atom is 0.253 e. The monoisotopic (exact) mass is 305 g/mol. The second-order valence-electron chi connectivity index (χ2n) is 6.87. The third kappa shape index (κ3) is 4.29. The zero-order valence-corrected chi connectivity index (χ0v) is 14.0. The Hall–Kier alpha value is -1.43. The lowest BCUT2D eigenvalue weighted by Crippen LogP contribution is -2.43. The summed E-state index contributed by atoms with van der Waals surface area (Å²) < 4.78 is 0. The number of nitrogens with zero attached hydrogens (tertiary/aromatic N) is 3. The molecule has 22 heavy (non-hydrogen) atoms. The molecule has 2 rings (SSSR count). The largest absolute Gasteiger partial charge is 0.387 e. The van der Waals surface area contributed by atoms with E-state index in [0.29, 0.717) is 31.6 Å². The standard InChI is InChI=1S/C17H27N3O2/c1-18(2)11-14-5-7-15(8-6-14)16(21)20-10-9-17(22,13-20)12-19(3)4/h5-8,22H,9-13H2,1-4H3/t17-/m1/s1. The zero-order chi connectivity index (χ0) is 16.3. The Morgan fingerprint density at radius 1 is 1.18 bits per heavy atom. The highest BCUT2D eigenvalue weighted by Crippen LogP contribution is 2.23. The van der Waals surface area contributed by atoms with Crippen LogP contribution in [0, 0.1) is 0 Å². The average molecular weight is 305 g/mol. The highest BCUT2D eigenvalue weighted by atomic mass is 16.3. The summed E-state index contributed by atoms with van der Waals surface area (Å²) in [7, 11) is 7.92. The highest BCUT2D eigenvalue weighted by Gasteiger charge is 2.38. The summed E-state index contributed by atoms with van der Waals surface area (Å²) in [6.45, 7) is 2.46. The van der Waals surface area contributed by atoms with Crippen LogP contribution in [0.5, 0.6) is 0 Å². The van der Waals surface area contributed by atoms with Gasteiger partial charge < -0.3 is 19.8 Å². The number of β-amino-alcohol motifs (C(OH)–C–C–N with tert-alkyl or cyclic N) is 1. The highest BCUT2D eigenvalue weighted by molar-refractivity contribution is 5.94. The summed E-state index contributed by atoms with van der Waals surface area (Å²) in [6, 6.07) is 7.75. The fourth-order valence-corrected chi connectivity index (χ4v) is 3.05. The van der Waals surface area contributed by atoms with Gasteiger partial charge in [-0.1, -0.05) is 12.1 Å². The minimum Gasteiger partial charge on any atom is -0.387 e. The van der Waals surface area contributed by atoms with Crippen molar-refractivity contribution in [3.63, 3.8) is 0 Å². The SMILES string of the molecule is CN(C)Cc1ccc(C(=O)N2CC[C@@](O)(CN(C)C)C2)cc1. The molecule has 1 N–H and O–H groups in total. The molecule has 0 bridgehead atoms. The lowest BCUT2D eigenvalue weighted by atomic mass is 10.0. The molecule has 1 saturated heterocycles. The van der Waals surface area contributed by atoms with E-state index in [0.717, 1.165) is 6.54 Å². The molecule has 1 aliphatic heterocycles. The molecule has 1 atom stereocenters. The third-order valence-electron chi connectivity index (χ3n) is 3.93. The predicted octanol–water partition coefficient (Wildman–Crippen LogP) is 0.887. The first-order valence-corrected chi connectivity index (χ1v) is 7.69. The number of benzene rings is 1. The Kier molecular flexibility index (Phi) is 5.21. The van der Waals surface area contributed by atoms with Crippen LogP contribution in [0.4, 0.5) is 0 Å². The van der Waals surface area contributed by atoms with E-state index in [1.165, 1.54) is 5.56 Å². The number of likely N-dealkylation sites (tertiary alicyclic amines) is 1. The van der Waals surface area contributed by atoms with Gasteiger partial charge in [0.05, 0.1) is 12.1 Å². The number of carbonyl (C=O) groups excluding carboxylic acids is 1. The molecule has 5 nitrogen and oxygen atoms in total. The van der Waals surface area contributed by atoms with Gasteiger partial charge in [0, 0.05) is 25.2 Å². The molecule has 1 aromatic rings. The van der Waals surface area contributed by atoms with Crippen molar-refractivity contribution in [1.82, 2.24) is 14.7 Å². The number of hydrogen-bond acceptors (Lipinski definition) is 4. The molecule has 1 aromatic carbocycles. The van der Waals surface area contributed by atoms with Gasteiger partial charge in [0.25, 0.3) is 5.91 Å². The lowest BCUT2D eigenvalue weighted by molar-refractivity contribution is 0.0236. The van der Waals surface area contributed by atoms with Crippen LogP contribution in [0.3, 0.4) is 0 Å². The van der Waals surface area contributed by atoms with Crippen LogP contribution in [-0.4, -0.2) is 79.1 Å². The van der Waals surface area contributed by atoms with E-state index in [1.807, 2.05) is 57.4 Å². The Morgan fingerprint density at radius 3 is 2.36 bits per heavy atom. The molecule has 0 radical (unpaired) electrons. The van der Waals surface area contributed by atoms with Crippen LogP contribution in [0.15, 0.2) is 24.3 Å². The number of rotatable bonds is 5. The molecule has 0 aromatic heterocycles. The Bertz CT molecular complexity index is 513. The first kappa shape index (κ1) is 16.9. The molecule has 0 saturated carbocycles. The van der Waals surface area contributed by atoms with Gasteiger partial charge in [-0.3, -0.25) is 4.79 Å². The predicted molar refractivity (Wildman–Crippen MR) is 87.9 cm³/mol. The van der Waals surface area contributed by atoms with Crippen LogP contribution >= 0.6 is 0 Å². The van der Waals surface area contributed by atoms with Crippen molar-refractivity contribution < 1.29 is 9.90 Å². The molecule has 5 heteroatoms. The van der Waals surface area contributed by atoms with E-state index in [9.17, 15) is 9.90 Å². The van der Waals surface area contributed by atoms with Gasteiger partial charge >= 0.3 is 0 Å². The molecular formula is C17H27N3O2. The normalized spacial score (nSPS) is 21.9. The smallest absolute Gasteiger partial charge is 0.253 e. The van der Waals surface area contributed by atoms with Crippen molar-refractivity contribution in [2.45, 2.75) is 18.6 Å². The quantitative estimate of drug-likeness (QED) is 0.877. The fourth-order valence-electron chi connectivity index (χ4n) is 3.05. The number of aliphatic hydroxyl groups is 1. The van der Waals surface area contributed by atoms with Gasteiger partial charge in [-0.15, -0.1) is 0 Å². The molecule has 0 aliphatic carbocycles. The van der Waals surface area contributed by atoms with Gasteiger partial charge in [-0.25, -0.2) is 0 Å². The van der Waals surface area contributed by atoms with Crippen molar-refractivity contribution in [2.24, 2.45) is 0 Å². The molecular weight excluding hydrogens is 278 g/mol. The first-order chi connectivity index (χ1) is 10.3. The summed E-state index contributed by atoms with van der Waals surface area (Å²) in [5.74, 6) is 0.00563. The number of hydrogen-bond donors (Lipinski definition) is 1. The number of likely N-dealkylation sites (N-methyl/N-ethyl adjacent to an activating group) is 1. The summed E-state index contributed by atoms with van der Waals surface area (Å²) in [4.78, 5) is 18.4. The Balaban J connectivity index is 2.00. The summed E-state index contributed by atoms with van der Waals surface area (Å²) in [6.07, 6.45) is 0.635. The van der Waals surface area contributed by atoms with Gasteiger partial charge in [0.15, 0.2) is 0 Å². The minimum atomic E-state index is -0.788. The third-order valence-corrected chi connectivity index (χ3v) is 3.93. The van der Waals surface area contributed by atoms with Crippen molar-refractivity contribution in [3.05, 3.63) is 35.4 Å². The van der Waals surface area contributed by atoms with Crippen LogP contribution in [-0.2, 0) is 6.54 Å². The van der Waals surface area contributed by atoms with Crippen molar-refractivity contribution >= 4 is 5.91 Å². The van der Waals surface area contributed by atoms with Gasteiger partial charge in [-0.2, -0.15) is 0 Å². The average Bonchev–Trinajstić information content (AvgIpc) is 2.79. The molecule has 1 amide bonds. The van der Waals surface area contributed by atoms with Gasteiger partial charge in [-0.05, 0) is 52.3 Å². The number of amides is 1. The number of carbonyl (C=O) groups is 1. The maximum absolute atomic E-state index is 12.5. The van der Waals surface area contributed by atoms with Crippen LogP contribution < -0.4 is 0 Å². The molecule has 1 fully saturated rings. The molecule has 1 aliphatic rings. The van der Waals surface area contributed by atoms with Crippen molar-refractivity contribution in [1.29, 1.82) is 0 Å². The lowest BCUT2D eigenvalue weighted by Gasteiger charge is -2.26. The molecule has 0 spiro atoms. The second kappa shape index (κ2) is 6.77. The Morgan fingerprint density at radius 2 is 1.82 bits per heavy atom. The van der Waals surface area contributed by atoms with Crippen molar-refractivity contribution in [3.8, 4) is 0 Å². The van der Waals surface area contributed by atoms with Crippen LogP contribution in [0.25, 0.3) is 0 Å². The van der Waals surface area contributed by atoms with E-state index in [-0.39, 0.29) is 5.91 Å². The van der Waals surface area contributed by atoms with E-state index in [2.05, 4.69) is 4.90 Å². The van der Waals surface area contributed by atoms with E-state index >= 15 is 0 Å². The van der Waals surface area contributed by atoms with Crippen molar-refractivity contribution in [2.75, 3.05) is 47.8 Å². The second-order valence-corrected chi connectivity index (χ2v) is 6.87. The summed E-state index contributed by atoms with van der Waals surface area (Å²) >= 11 is 0. The van der Waals surface area contributed by atoms with Gasteiger partial charge in [0.2, 0.25) is 0 Å². The Labute approximate surface area is 133 Å². The maximum atomic E-state index is 12.5. The van der Waals surface area contributed by atoms with E-state index in [4.69, 9.17) is 0 Å². The van der Waals surface area contributed by atoms with Crippen LogP contribution in [0.2, 0.25) is 0 Å². The molecule has 122 valence electrons. The van der Waals surface area contributed by atoms with E-state index in [1.54, 1.807) is 4.90 Å².